The number of rotatable bonds is 4. The molecule has 1 fully saturated rings. The third-order valence-corrected chi connectivity index (χ3v) is 3.92. The van der Waals surface area contributed by atoms with Gasteiger partial charge in [-0.3, -0.25) is 0 Å². The van der Waals surface area contributed by atoms with Crippen LogP contribution in [0.4, 0.5) is 13.2 Å². The zero-order valence-corrected chi connectivity index (χ0v) is 10.5. The van der Waals surface area contributed by atoms with Crippen LogP contribution in [-0.2, 0) is 12.8 Å². The van der Waals surface area contributed by atoms with Crippen LogP contribution in [0.1, 0.15) is 24.0 Å². The molecule has 1 aromatic carbocycles. The van der Waals surface area contributed by atoms with Crippen molar-refractivity contribution in [2.24, 2.45) is 0 Å². The number of benzene rings is 1. The van der Waals surface area contributed by atoms with Gasteiger partial charge in [-0.15, -0.1) is 0 Å². The van der Waals surface area contributed by atoms with Crippen molar-refractivity contribution >= 4 is 0 Å². The van der Waals surface area contributed by atoms with E-state index in [1.807, 2.05) is 18.2 Å². The molecule has 104 valence electrons. The first kappa shape index (κ1) is 12.8. The minimum atomic E-state index is -4.13. The van der Waals surface area contributed by atoms with Crippen molar-refractivity contribution in [2.45, 2.75) is 37.4 Å². The predicted molar refractivity (Wildman–Crippen MR) is 65.4 cm³/mol. The zero-order valence-electron chi connectivity index (χ0n) is 10.5. The molecule has 0 spiro atoms. The van der Waals surface area contributed by atoms with Gasteiger partial charge in [0.1, 0.15) is 11.3 Å². The highest BCUT2D eigenvalue weighted by molar-refractivity contribution is 5.39. The van der Waals surface area contributed by atoms with Crippen molar-refractivity contribution in [2.75, 3.05) is 13.2 Å². The molecule has 0 saturated heterocycles. The van der Waals surface area contributed by atoms with Gasteiger partial charge in [-0.05, 0) is 43.0 Å². The van der Waals surface area contributed by atoms with Crippen molar-refractivity contribution < 1.29 is 17.9 Å². The molecule has 2 nitrogen and oxygen atoms in total. The van der Waals surface area contributed by atoms with Gasteiger partial charge in [-0.1, -0.05) is 12.1 Å². The Balaban J connectivity index is 1.56. The summed E-state index contributed by atoms with van der Waals surface area (Å²) in [7, 11) is 0. The van der Waals surface area contributed by atoms with Gasteiger partial charge in [0.25, 0.3) is 0 Å². The van der Waals surface area contributed by atoms with E-state index < -0.39 is 11.7 Å². The van der Waals surface area contributed by atoms with Gasteiger partial charge in [-0.2, -0.15) is 13.2 Å². The van der Waals surface area contributed by atoms with Crippen LogP contribution in [0.15, 0.2) is 18.2 Å². The van der Waals surface area contributed by atoms with Crippen LogP contribution in [0.25, 0.3) is 0 Å². The van der Waals surface area contributed by atoms with E-state index in [1.165, 1.54) is 0 Å². The average molecular weight is 271 g/mol. The first-order valence-corrected chi connectivity index (χ1v) is 6.57. The highest BCUT2D eigenvalue weighted by Crippen LogP contribution is 2.48. The van der Waals surface area contributed by atoms with E-state index in [0.29, 0.717) is 19.6 Å². The highest BCUT2D eigenvalue weighted by atomic mass is 19.4. The van der Waals surface area contributed by atoms with Gasteiger partial charge in [0.2, 0.25) is 0 Å². The van der Waals surface area contributed by atoms with E-state index in [2.05, 4.69) is 5.32 Å². The summed E-state index contributed by atoms with van der Waals surface area (Å²) in [6.07, 6.45) is -2.21. The number of halogens is 3. The molecule has 1 heterocycles. The first-order valence-electron chi connectivity index (χ1n) is 6.57. The fraction of sp³-hybridized carbons (Fsp3) is 0.571. The maximum atomic E-state index is 12.7. The summed E-state index contributed by atoms with van der Waals surface area (Å²) in [6, 6.07) is 5.88. The Hall–Kier alpha value is -1.23. The maximum Gasteiger partial charge on any atom is 0.406 e. The molecule has 1 N–H and O–H groups in total. The number of hydrogen-bond acceptors (Lipinski definition) is 2. The standard InChI is InChI=1S/C14H16F3NO/c15-14(16,17)13(5-6-13)18-7-3-10-1-2-12-11(9-10)4-8-19-12/h1-2,9,18H,3-8H2. The average Bonchev–Trinajstić information content (AvgIpc) is 3.00. The minimum Gasteiger partial charge on any atom is -0.493 e. The molecule has 3 rings (SSSR count). The second-order valence-corrected chi connectivity index (χ2v) is 5.30. The van der Waals surface area contributed by atoms with Crippen LogP contribution in [0, 0.1) is 0 Å². The summed E-state index contributed by atoms with van der Waals surface area (Å²) in [5.74, 6) is 0.908. The molecule has 0 amide bonds. The van der Waals surface area contributed by atoms with Crippen molar-refractivity contribution in [3.8, 4) is 5.75 Å². The van der Waals surface area contributed by atoms with Gasteiger partial charge in [0, 0.05) is 6.42 Å². The van der Waals surface area contributed by atoms with Gasteiger partial charge in [0.05, 0.1) is 6.61 Å². The molecule has 2 aliphatic rings. The smallest absolute Gasteiger partial charge is 0.406 e. The van der Waals surface area contributed by atoms with Crippen LogP contribution < -0.4 is 10.1 Å². The highest BCUT2D eigenvalue weighted by Gasteiger charge is 2.62. The zero-order chi connectivity index (χ0) is 13.5. The van der Waals surface area contributed by atoms with E-state index in [9.17, 15) is 13.2 Å². The van der Waals surface area contributed by atoms with Crippen LogP contribution in [0.5, 0.6) is 5.75 Å². The monoisotopic (exact) mass is 271 g/mol. The molecule has 19 heavy (non-hydrogen) atoms. The Kier molecular flexibility index (Phi) is 2.96. The molecule has 0 unspecified atom stereocenters. The lowest BCUT2D eigenvalue weighted by Gasteiger charge is -2.20. The van der Waals surface area contributed by atoms with Crippen molar-refractivity contribution in [3.63, 3.8) is 0 Å². The Morgan fingerprint density at radius 3 is 2.74 bits per heavy atom. The fourth-order valence-corrected chi connectivity index (χ4v) is 2.53. The lowest BCUT2D eigenvalue weighted by atomic mass is 10.1. The SMILES string of the molecule is FC(F)(F)C1(NCCc2ccc3c(c2)CCO3)CC1. The molecule has 0 radical (unpaired) electrons. The predicted octanol–water partition coefficient (Wildman–Crippen LogP) is 2.85. The molecule has 0 aromatic heterocycles. The lowest BCUT2D eigenvalue weighted by Crippen LogP contribution is -2.45. The summed E-state index contributed by atoms with van der Waals surface area (Å²) in [5.41, 5.74) is 0.622. The minimum absolute atomic E-state index is 0.203. The molecule has 1 aliphatic heterocycles. The topological polar surface area (TPSA) is 21.3 Å². The number of ether oxygens (including phenoxy) is 1. The van der Waals surface area contributed by atoms with E-state index in [4.69, 9.17) is 4.74 Å². The van der Waals surface area contributed by atoms with E-state index in [-0.39, 0.29) is 12.8 Å². The Morgan fingerprint density at radius 2 is 2.05 bits per heavy atom. The van der Waals surface area contributed by atoms with Crippen LogP contribution >= 0.6 is 0 Å². The van der Waals surface area contributed by atoms with Crippen molar-refractivity contribution in [1.29, 1.82) is 0 Å². The number of fused-ring (bicyclic) bond motifs is 1. The summed E-state index contributed by atoms with van der Waals surface area (Å²) < 4.78 is 43.6. The third-order valence-electron chi connectivity index (χ3n) is 3.92. The molecule has 1 aliphatic carbocycles. The molecule has 1 saturated carbocycles. The van der Waals surface area contributed by atoms with Gasteiger partial charge in [-0.25, -0.2) is 0 Å². The van der Waals surface area contributed by atoms with Gasteiger partial charge < -0.3 is 10.1 Å². The van der Waals surface area contributed by atoms with E-state index >= 15 is 0 Å². The normalized spacial score (nSPS) is 19.9. The quantitative estimate of drug-likeness (QED) is 0.909. The van der Waals surface area contributed by atoms with Crippen LogP contribution in [0.3, 0.4) is 0 Å². The number of nitrogens with one attached hydrogen (secondary N) is 1. The molecule has 0 bridgehead atoms. The molecular formula is C14H16F3NO. The lowest BCUT2D eigenvalue weighted by molar-refractivity contribution is -0.165. The Morgan fingerprint density at radius 1 is 1.26 bits per heavy atom. The van der Waals surface area contributed by atoms with Crippen LogP contribution in [0.2, 0.25) is 0 Å². The summed E-state index contributed by atoms with van der Waals surface area (Å²) in [4.78, 5) is 0. The second kappa shape index (κ2) is 4.40. The van der Waals surface area contributed by atoms with E-state index in [1.54, 1.807) is 0 Å². The Labute approximate surface area is 109 Å². The van der Waals surface area contributed by atoms with Gasteiger partial charge >= 0.3 is 6.18 Å². The maximum absolute atomic E-state index is 12.7. The first-order chi connectivity index (χ1) is 9.00. The molecule has 0 atom stereocenters. The fourth-order valence-electron chi connectivity index (χ4n) is 2.53. The Bertz CT molecular complexity index is 480. The summed E-state index contributed by atoms with van der Waals surface area (Å²) in [6.45, 7) is 1.06. The second-order valence-electron chi connectivity index (χ2n) is 5.30. The molecule has 1 aromatic rings. The van der Waals surface area contributed by atoms with Crippen molar-refractivity contribution in [1.82, 2.24) is 5.32 Å². The number of hydrogen-bond donors (Lipinski definition) is 1. The van der Waals surface area contributed by atoms with E-state index in [0.717, 1.165) is 23.3 Å². The van der Waals surface area contributed by atoms with Crippen LogP contribution in [-0.4, -0.2) is 24.9 Å². The largest absolute Gasteiger partial charge is 0.493 e. The van der Waals surface area contributed by atoms with Gasteiger partial charge in [0.15, 0.2) is 0 Å². The summed E-state index contributed by atoms with van der Waals surface area (Å²) in [5, 5.41) is 2.67. The molecular weight excluding hydrogens is 255 g/mol. The number of alkyl halides is 3. The molecule has 5 heteroatoms. The summed E-state index contributed by atoms with van der Waals surface area (Å²) >= 11 is 0. The van der Waals surface area contributed by atoms with Crippen molar-refractivity contribution in [3.05, 3.63) is 29.3 Å². The third kappa shape index (κ3) is 2.43.